The highest BCUT2D eigenvalue weighted by atomic mass is 15.1. The molecule has 0 aromatic carbocycles. The average Bonchev–Trinajstić information content (AvgIpc) is 2.00. The lowest BCUT2D eigenvalue weighted by Crippen LogP contribution is -2.20. The molecule has 0 bridgehead atoms. The Balaban J connectivity index is 2.66. The highest BCUT2D eigenvalue weighted by molar-refractivity contribution is 5.32. The molecule has 0 radical (unpaired) electrons. The molecule has 0 spiro atoms. The van der Waals surface area contributed by atoms with Crippen LogP contribution in [0.2, 0.25) is 0 Å². The van der Waals surface area contributed by atoms with Crippen molar-refractivity contribution in [1.82, 2.24) is 4.90 Å². The minimum absolute atomic E-state index is 0.581. The van der Waals surface area contributed by atoms with E-state index in [-0.39, 0.29) is 0 Å². The molecular weight excluding hydrogens is 170 g/mol. The number of hydrogen-bond acceptors (Lipinski definition) is 1. The van der Waals surface area contributed by atoms with Crippen molar-refractivity contribution in [3.05, 3.63) is 48.1 Å². The maximum Gasteiger partial charge on any atom is 0.00415 e. The van der Waals surface area contributed by atoms with E-state index in [4.69, 9.17) is 0 Å². The smallest absolute Gasteiger partial charge is 0.00415 e. The number of hydrogen-bond donors (Lipinski definition) is 0. The fourth-order valence-electron chi connectivity index (χ4n) is 1.56. The molecule has 0 saturated heterocycles. The van der Waals surface area contributed by atoms with Gasteiger partial charge in [0.2, 0.25) is 0 Å². The molecule has 1 heteroatoms. The van der Waals surface area contributed by atoms with Crippen LogP contribution in [0.4, 0.5) is 0 Å². The minimum Gasteiger partial charge on any atom is -0.309 e. The van der Waals surface area contributed by atoms with Gasteiger partial charge in [-0.2, -0.15) is 0 Å². The van der Waals surface area contributed by atoms with Gasteiger partial charge in [0.25, 0.3) is 0 Å². The van der Waals surface area contributed by atoms with Crippen LogP contribution in [-0.2, 0) is 0 Å². The van der Waals surface area contributed by atoms with Gasteiger partial charge in [0, 0.05) is 6.54 Å². The summed E-state index contributed by atoms with van der Waals surface area (Å²) in [5, 5.41) is 0. The van der Waals surface area contributed by atoms with E-state index in [9.17, 15) is 0 Å². The molecule has 0 saturated carbocycles. The summed E-state index contributed by atoms with van der Waals surface area (Å²) in [6.07, 6.45) is 14.7. The minimum atomic E-state index is 0.581. The van der Waals surface area contributed by atoms with E-state index >= 15 is 0 Å². The van der Waals surface area contributed by atoms with E-state index in [1.165, 1.54) is 5.57 Å². The predicted octanol–water partition coefficient (Wildman–Crippen LogP) is 2.79. The Morgan fingerprint density at radius 1 is 1.07 bits per heavy atom. The molecule has 0 N–H and O–H groups in total. The second kappa shape index (κ2) is 5.61. The first-order valence-corrected chi connectivity index (χ1v) is 5.06. The van der Waals surface area contributed by atoms with Crippen LogP contribution in [0.3, 0.4) is 0 Å². The Kier molecular flexibility index (Phi) is 4.41. The summed E-state index contributed by atoms with van der Waals surface area (Å²) >= 11 is 0. The van der Waals surface area contributed by atoms with E-state index in [0.717, 1.165) is 6.54 Å². The van der Waals surface area contributed by atoms with Gasteiger partial charge in [-0.3, -0.25) is 0 Å². The molecule has 1 rings (SSSR count). The lowest BCUT2D eigenvalue weighted by molar-refractivity contribution is 0.366. The van der Waals surface area contributed by atoms with Gasteiger partial charge in [-0.1, -0.05) is 49.5 Å². The van der Waals surface area contributed by atoms with Crippen molar-refractivity contribution in [2.75, 3.05) is 20.6 Å². The van der Waals surface area contributed by atoms with Gasteiger partial charge in [-0.05, 0) is 25.6 Å². The van der Waals surface area contributed by atoms with Crippen LogP contribution in [0.25, 0.3) is 0 Å². The first-order valence-electron chi connectivity index (χ1n) is 5.06. The quantitative estimate of drug-likeness (QED) is 0.660. The monoisotopic (exact) mass is 189 g/mol. The first kappa shape index (κ1) is 11.0. The zero-order valence-electron chi connectivity index (χ0n) is 9.27. The fraction of sp³-hybridized carbons (Fsp3) is 0.385. The van der Waals surface area contributed by atoms with Crippen molar-refractivity contribution in [2.24, 2.45) is 5.92 Å². The molecular formula is C13H19N. The number of rotatable bonds is 3. The van der Waals surface area contributed by atoms with Crippen LogP contribution in [0, 0.1) is 5.92 Å². The Morgan fingerprint density at radius 3 is 2.43 bits per heavy atom. The summed E-state index contributed by atoms with van der Waals surface area (Å²) in [5.41, 5.74) is 1.39. The van der Waals surface area contributed by atoms with E-state index in [2.05, 4.69) is 62.4 Å². The SMILES string of the molecule is C[C@@H](CN(C)C)C1=C/C=C/C=C\C=C\1. The molecule has 0 fully saturated rings. The molecule has 1 aliphatic rings. The normalized spacial score (nSPS) is 28.4. The molecule has 14 heavy (non-hydrogen) atoms. The van der Waals surface area contributed by atoms with Crippen molar-refractivity contribution in [1.29, 1.82) is 0 Å². The molecule has 0 aromatic heterocycles. The van der Waals surface area contributed by atoms with Crippen molar-refractivity contribution >= 4 is 0 Å². The maximum atomic E-state index is 2.26. The molecule has 1 aliphatic carbocycles. The molecule has 1 atom stereocenters. The molecule has 0 amide bonds. The Morgan fingerprint density at radius 2 is 1.71 bits per heavy atom. The number of nitrogens with zero attached hydrogens (tertiary/aromatic N) is 1. The third-order valence-electron chi connectivity index (χ3n) is 2.23. The third-order valence-corrected chi connectivity index (χ3v) is 2.23. The van der Waals surface area contributed by atoms with Gasteiger partial charge >= 0.3 is 0 Å². The van der Waals surface area contributed by atoms with Crippen LogP contribution in [0.1, 0.15) is 6.92 Å². The largest absolute Gasteiger partial charge is 0.309 e. The highest BCUT2D eigenvalue weighted by Crippen LogP contribution is 2.14. The van der Waals surface area contributed by atoms with Crippen molar-refractivity contribution in [3.63, 3.8) is 0 Å². The van der Waals surface area contributed by atoms with Crippen LogP contribution in [-0.4, -0.2) is 25.5 Å². The van der Waals surface area contributed by atoms with E-state index in [1.807, 2.05) is 6.08 Å². The molecule has 0 unspecified atom stereocenters. The molecule has 0 heterocycles. The molecule has 0 aromatic rings. The Labute approximate surface area is 87.1 Å². The van der Waals surface area contributed by atoms with Gasteiger partial charge in [-0.25, -0.2) is 0 Å². The third kappa shape index (κ3) is 3.75. The van der Waals surface area contributed by atoms with Crippen molar-refractivity contribution in [2.45, 2.75) is 6.92 Å². The lowest BCUT2D eigenvalue weighted by atomic mass is 9.99. The molecule has 1 nitrogen and oxygen atoms in total. The predicted molar refractivity (Wildman–Crippen MR) is 63.2 cm³/mol. The zero-order chi connectivity index (χ0) is 10.4. The topological polar surface area (TPSA) is 3.24 Å². The summed E-state index contributed by atoms with van der Waals surface area (Å²) in [4.78, 5) is 2.22. The van der Waals surface area contributed by atoms with Gasteiger partial charge < -0.3 is 4.90 Å². The first-order chi connectivity index (χ1) is 6.70. The van der Waals surface area contributed by atoms with Gasteiger partial charge in [0.05, 0.1) is 0 Å². The zero-order valence-corrected chi connectivity index (χ0v) is 9.27. The highest BCUT2D eigenvalue weighted by Gasteiger charge is 2.06. The maximum absolute atomic E-state index is 2.26. The Hall–Kier alpha value is -1.08. The molecule has 76 valence electrons. The van der Waals surface area contributed by atoms with Crippen LogP contribution in [0.15, 0.2) is 48.1 Å². The van der Waals surface area contributed by atoms with Crippen LogP contribution >= 0.6 is 0 Å². The van der Waals surface area contributed by atoms with Gasteiger partial charge in [-0.15, -0.1) is 0 Å². The fourth-order valence-corrected chi connectivity index (χ4v) is 1.56. The Bertz CT molecular complexity index is 280. The van der Waals surface area contributed by atoms with Crippen molar-refractivity contribution in [3.8, 4) is 0 Å². The number of allylic oxidation sites excluding steroid dienone is 7. The van der Waals surface area contributed by atoms with Gasteiger partial charge in [0.1, 0.15) is 0 Å². The second-order valence-corrected chi connectivity index (χ2v) is 3.96. The average molecular weight is 189 g/mol. The molecule has 0 aliphatic heterocycles. The second-order valence-electron chi connectivity index (χ2n) is 3.96. The van der Waals surface area contributed by atoms with E-state index in [1.54, 1.807) is 0 Å². The summed E-state index contributed by atoms with van der Waals surface area (Å²) in [6.45, 7) is 3.35. The summed E-state index contributed by atoms with van der Waals surface area (Å²) < 4.78 is 0. The summed E-state index contributed by atoms with van der Waals surface area (Å²) in [5.74, 6) is 0.581. The lowest BCUT2D eigenvalue weighted by Gasteiger charge is -2.17. The summed E-state index contributed by atoms with van der Waals surface area (Å²) in [7, 11) is 4.22. The summed E-state index contributed by atoms with van der Waals surface area (Å²) in [6, 6.07) is 0. The van der Waals surface area contributed by atoms with Crippen molar-refractivity contribution < 1.29 is 0 Å². The van der Waals surface area contributed by atoms with E-state index in [0.29, 0.717) is 5.92 Å². The van der Waals surface area contributed by atoms with E-state index < -0.39 is 0 Å². The standard InChI is InChI=1S/C13H19N/c1-12(11-14(2)3)13-9-7-5-4-6-8-10-13/h4-10,12H,11H2,1-3H3/b5-4-,6-4?,7-5?,8-6+,9-7+,10-8?,13-9?,13-10+/t12-/m0/s1. The van der Waals surface area contributed by atoms with Crippen LogP contribution < -0.4 is 0 Å². The van der Waals surface area contributed by atoms with Crippen LogP contribution in [0.5, 0.6) is 0 Å². The van der Waals surface area contributed by atoms with Gasteiger partial charge in [0.15, 0.2) is 0 Å².